The third-order valence-electron chi connectivity index (χ3n) is 3.69. The van der Waals surface area contributed by atoms with E-state index in [1.165, 1.54) is 22.9 Å². The molecule has 0 spiro atoms. The Morgan fingerprint density at radius 3 is 2.91 bits per heavy atom. The zero-order valence-electron chi connectivity index (χ0n) is 12.6. The molecule has 2 aromatic rings. The maximum atomic E-state index is 14.0. The summed E-state index contributed by atoms with van der Waals surface area (Å²) in [6.07, 6.45) is 2.93. The van der Waals surface area contributed by atoms with E-state index in [0.29, 0.717) is 11.5 Å². The van der Waals surface area contributed by atoms with Gasteiger partial charge < -0.3 is 10.6 Å². The molecular weight excluding hydrogens is 323 g/mol. The van der Waals surface area contributed by atoms with E-state index < -0.39 is 5.82 Å². The van der Waals surface area contributed by atoms with Crippen LogP contribution >= 0.6 is 12.4 Å². The Kier molecular flexibility index (Phi) is 5.62. The fourth-order valence-electron chi connectivity index (χ4n) is 2.51. The molecule has 1 aromatic carbocycles. The molecule has 1 amide bonds. The van der Waals surface area contributed by atoms with E-state index in [0.717, 1.165) is 25.8 Å². The van der Waals surface area contributed by atoms with Crippen LogP contribution in [0.3, 0.4) is 0 Å². The second kappa shape index (κ2) is 7.47. The van der Waals surface area contributed by atoms with E-state index in [2.05, 4.69) is 26.2 Å². The van der Waals surface area contributed by atoms with Crippen molar-refractivity contribution < 1.29 is 9.18 Å². The van der Waals surface area contributed by atoms with Crippen molar-refractivity contribution in [3.63, 3.8) is 0 Å². The van der Waals surface area contributed by atoms with Gasteiger partial charge in [0.25, 0.3) is 0 Å². The van der Waals surface area contributed by atoms with Crippen LogP contribution in [0.5, 0.6) is 0 Å². The minimum absolute atomic E-state index is 0. The van der Waals surface area contributed by atoms with Gasteiger partial charge in [-0.2, -0.15) is 4.68 Å². The molecule has 1 atom stereocenters. The molecule has 2 heterocycles. The van der Waals surface area contributed by atoms with Crippen molar-refractivity contribution in [1.29, 1.82) is 0 Å². The molecule has 0 aliphatic carbocycles. The number of benzene rings is 1. The topological polar surface area (TPSA) is 84.7 Å². The molecule has 1 aromatic heterocycles. The van der Waals surface area contributed by atoms with E-state index in [1.807, 2.05) is 0 Å². The van der Waals surface area contributed by atoms with E-state index in [-0.39, 0.29) is 30.0 Å². The fourth-order valence-corrected chi connectivity index (χ4v) is 2.51. The number of halogens is 2. The smallest absolute Gasteiger partial charge is 0.241 e. The van der Waals surface area contributed by atoms with Gasteiger partial charge in [0.1, 0.15) is 11.5 Å². The third-order valence-corrected chi connectivity index (χ3v) is 3.69. The number of anilines is 1. The largest absolute Gasteiger partial charge is 0.325 e. The first kappa shape index (κ1) is 17.3. The van der Waals surface area contributed by atoms with Crippen LogP contribution in [-0.2, 0) is 4.79 Å². The van der Waals surface area contributed by atoms with Crippen LogP contribution in [0.4, 0.5) is 10.1 Å². The molecule has 2 N–H and O–H groups in total. The summed E-state index contributed by atoms with van der Waals surface area (Å²) in [5, 5.41) is 17.0. The molecule has 0 saturated carbocycles. The van der Waals surface area contributed by atoms with Gasteiger partial charge in [-0.3, -0.25) is 4.79 Å². The number of piperidine rings is 1. The quantitative estimate of drug-likeness (QED) is 0.886. The van der Waals surface area contributed by atoms with E-state index in [1.54, 1.807) is 6.92 Å². The molecule has 3 rings (SSSR count). The number of carbonyl (C=O) groups excluding carboxylic acids is 1. The van der Waals surface area contributed by atoms with Crippen LogP contribution in [0.25, 0.3) is 5.69 Å². The number of rotatable bonds is 3. The highest BCUT2D eigenvalue weighted by atomic mass is 35.5. The van der Waals surface area contributed by atoms with Gasteiger partial charge >= 0.3 is 0 Å². The summed E-state index contributed by atoms with van der Waals surface area (Å²) in [5.74, 6) is -0.0915. The van der Waals surface area contributed by atoms with Crippen LogP contribution in [0.15, 0.2) is 18.2 Å². The maximum absolute atomic E-state index is 14.0. The summed E-state index contributed by atoms with van der Waals surface area (Å²) in [5.41, 5.74) is 0.723. The Hall–Kier alpha value is -2.06. The Labute approximate surface area is 139 Å². The van der Waals surface area contributed by atoms with Crippen LogP contribution < -0.4 is 10.6 Å². The highest BCUT2D eigenvalue weighted by Gasteiger charge is 2.21. The summed E-state index contributed by atoms with van der Waals surface area (Å²) in [4.78, 5) is 12.2. The average molecular weight is 341 g/mol. The molecule has 0 radical (unpaired) electrons. The van der Waals surface area contributed by atoms with Crippen LogP contribution in [0, 0.1) is 12.7 Å². The van der Waals surface area contributed by atoms with Crippen molar-refractivity contribution in [2.45, 2.75) is 32.2 Å². The monoisotopic (exact) mass is 340 g/mol. The van der Waals surface area contributed by atoms with Crippen molar-refractivity contribution in [3.8, 4) is 5.69 Å². The summed E-state index contributed by atoms with van der Waals surface area (Å²) < 4.78 is 15.3. The first-order valence-electron chi connectivity index (χ1n) is 7.24. The normalized spacial score (nSPS) is 17.4. The zero-order valence-corrected chi connectivity index (χ0v) is 13.4. The molecule has 1 aliphatic rings. The number of nitrogens with zero attached hydrogens (tertiary/aromatic N) is 4. The number of amides is 1. The van der Waals surface area contributed by atoms with Gasteiger partial charge in [0.05, 0.1) is 6.04 Å². The molecule has 23 heavy (non-hydrogen) atoms. The second-order valence-corrected chi connectivity index (χ2v) is 5.30. The Bertz CT molecular complexity index is 686. The molecule has 1 saturated heterocycles. The predicted octanol–water partition coefficient (Wildman–Crippen LogP) is 1.61. The third kappa shape index (κ3) is 3.83. The van der Waals surface area contributed by atoms with Gasteiger partial charge in [-0.25, -0.2) is 4.39 Å². The van der Waals surface area contributed by atoms with Gasteiger partial charge in [0.15, 0.2) is 5.82 Å². The highest BCUT2D eigenvalue weighted by Crippen LogP contribution is 2.19. The van der Waals surface area contributed by atoms with Crippen molar-refractivity contribution >= 4 is 24.0 Å². The molecule has 1 fully saturated rings. The lowest BCUT2D eigenvalue weighted by molar-refractivity contribution is -0.118. The SMILES string of the molecule is Cc1nnnn1-c1cc(NC(=O)C2CCCCN2)ccc1F.Cl. The standard InChI is InChI=1S/C14H17FN6O.ClH/c1-9-18-19-20-21(9)13-8-10(5-6-11(13)15)17-14(22)12-4-2-3-7-16-12;/h5-6,8,12,16H,2-4,7H2,1H3,(H,17,22);1H. The van der Waals surface area contributed by atoms with E-state index >= 15 is 0 Å². The minimum Gasteiger partial charge on any atom is -0.325 e. The molecule has 124 valence electrons. The predicted molar refractivity (Wildman–Crippen MR) is 85.4 cm³/mol. The molecule has 7 nitrogen and oxygen atoms in total. The number of hydrogen-bond acceptors (Lipinski definition) is 5. The number of aryl methyl sites for hydroxylation is 1. The first-order chi connectivity index (χ1) is 10.6. The van der Waals surface area contributed by atoms with Crippen LogP contribution in [0.2, 0.25) is 0 Å². The van der Waals surface area contributed by atoms with Gasteiger partial charge in [-0.05, 0) is 54.9 Å². The van der Waals surface area contributed by atoms with Crippen LogP contribution in [-0.4, -0.2) is 38.7 Å². The minimum atomic E-state index is -0.454. The number of nitrogens with one attached hydrogen (secondary N) is 2. The van der Waals surface area contributed by atoms with E-state index in [9.17, 15) is 9.18 Å². The average Bonchev–Trinajstić information content (AvgIpc) is 2.96. The van der Waals surface area contributed by atoms with Gasteiger partial charge in [-0.15, -0.1) is 17.5 Å². The Morgan fingerprint density at radius 1 is 1.43 bits per heavy atom. The lowest BCUT2D eigenvalue weighted by Crippen LogP contribution is -2.43. The van der Waals surface area contributed by atoms with Gasteiger partial charge in [0.2, 0.25) is 5.91 Å². The molecular formula is C14H18ClFN6O. The number of carbonyl (C=O) groups is 1. The molecule has 9 heteroatoms. The number of hydrogen-bond donors (Lipinski definition) is 2. The van der Waals surface area contributed by atoms with Crippen molar-refractivity contribution in [2.75, 3.05) is 11.9 Å². The summed E-state index contributed by atoms with van der Waals surface area (Å²) >= 11 is 0. The Balaban J connectivity index is 0.00000192. The van der Waals surface area contributed by atoms with Crippen LogP contribution in [0.1, 0.15) is 25.1 Å². The fraction of sp³-hybridized carbons (Fsp3) is 0.429. The van der Waals surface area contributed by atoms with E-state index in [4.69, 9.17) is 0 Å². The highest BCUT2D eigenvalue weighted by molar-refractivity contribution is 5.95. The summed E-state index contributed by atoms with van der Waals surface area (Å²) in [6, 6.07) is 4.15. The summed E-state index contributed by atoms with van der Waals surface area (Å²) in [7, 11) is 0. The van der Waals surface area contributed by atoms with Crippen molar-refractivity contribution in [1.82, 2.24) is 25.5 Å². The lowest BCUT2D eigenvalue weighted by atomic mass is 10.0. The first-order valence-corrected chi connectivity index (χ1v) is 7.24. The molecule has 0 bridgehead atoms. The Morgan fingerprint density at radius 2 is 2.26 bits per heavy atom. The van der Waals surface area contributed by atoms with Crippen molar-refractivity contribution in [2.24, 2.45) is 0 Å². The van der Waals surface area contributed by atoms with Gasteiger partial charge in [-0.1, -0.05) is 6.42 Å². The second-order valence-electron chi connectivity index (χ2n) is 5.30. The molecule has 1 aliphatic heterocycles. The summed E-state index contributed by atoms with van der Waals surface area (Å²) in [6.45, 7) is 2.52. The maximum Gasteiger partial charge on any atom is 0.241 e. The van der Waals surface area contributed by atoms with Crippen molar-refractivity contribution in [3.05, 3.63) is 29.8 Å². The zero-order chi connectivity index (χ0) is 15.5. The lowest BCUT2D eigenvalue weighted by Gasteiger charge is -2.22. The molecule has 1 unspecified atom stereocenters. The number of tetrazole rings is 1. The van der Waals surface area contributed by atoms with Gasteiger partial charge in [0, 0.05) is 5.69 Å². The number of aromatic nitrogens is 4.